The van der Waals surface area contributed by atoms with Gasteiger partial charge in [0.1, 0.15) is 12.4 Å². The standard InChI is InChI=1S/C20H26N2O2/c1-14-8-7-9-15(2)19(14)24-13-12-22-20(23)16(3)18(21)17-10-5-4-6-11-17/h4-11,16,18H,12-13,21H2,1-3H3,(H,22,23). The van der Waals surface area contributed by atoms with E-state index in [4.69, 9.17) is 10.5 Å². The molecule has 2 aromatic rings. The summed E-state index contributed by atoms with van der Waals surface area (Å²) in [5, 5.41) is 2.90. The summed E-state index contributed by atoms with van der Waals surface area (Å²) < 4.78 is 5.80. The van der Waals surface area contributed by atoms with Crippen LogP contribution >= 0.6 is 0 Å². The molecule has 2 atom stereocenters. The van der Waals surface area contributed by atoms with Crippen molar-refractivity contribution in [1.29, 1.82) is 0 Å². The molecule has 3 N–H and O–H groups in total. The Morgan fingerprint density at radius 3 is 2.33 bits per heavy atom. The maximum Gasteiger partial charge on any atom is 0.224 e. The van der Waals surface area contributed by atoms with Gasteiger partial charge in [0.2, 0.25) is 5.91 Å². The molecule has 0 spiro atoms. The number of carbonyl (C=O) groups is 1. The van der Waals surface area contributed by atoms with Crippen molar-refractivity contribution >= 4 is 5.91 Å². The van der Waals surface area contributed by atoms with Crippen molar-refractivity contribution in [2.45, 2.75) is 26.8 Å². The first-order valence-electron chi connectivity index (χ1n) is 8.28. The molecule has 0 fully saturated rings. The van der Waals surface area contributed by atoms with Gasteiger partial charge in [-0.05, 0) is 30.5 Å². The van der Waals surface area contributed by atoms with Gasteiger partial charge in [0.25, 0.3) is 0 Å². The van der Waals surface area contributed by atoms with Crippen LogP contribution in [0.25, 0.3) is 0 Å². The van der Waals surface area contributed by atoms with Crippen LogP contribution in [0.3, 0.4) is 0 Å². The lowest BCUT2D eigenvalue weighted by molar-refractivity contribution is -0.125. The van der Waals surface area contributed by atoms with E-state index < -0.39 is 0 Å². The second-order valence-corrected chi connectivity index (χ2v) is 6.09. The first kappa shape index (κ1) is 18.0. The van der Waals surface area contributed by atoms with Gasteiger partial charge >= 0.3 is 0 Å². The fourth-order valence-corrected chi connectivity index (χ4v) is 2.64. The molecule has 0 aliphatic carbocycles. The van der Waals surface area contributed by atoms with Crippen LogP contribution in [-0.4, -0.2) is 19.1 Å². The van der Waals surface area contributed by atoms with Crippen LogP contribution < -0.4 is 15.8 Å². The SMILES string of the molecule is Cc1cccc(C)c1OCCNC(=O)C(C)C(N)c1ccccc1. The Bertz CT molecular complexity index is 650. The Kier molecular flexibility index (Phi) is 6.38. The molecule has 0 heterocycles. The van der Waals surface area contributed by atoms with Crippen molar-refractivity contribution < 1.29 is 9.53 Å². The number of hydrogen-bond donors (Lipinski definition) is 2. The van der Waals surface area contributed by atoms with Crippen LogP contribution in [0.2, 0.25) is 0 Å². The average molecular weight is 326 g/mol. The number of benzene rings is 2. The molecule has 4 heteroatoms. The lowest BCUT2D eigenvalue weighted by Gasteiger charge is -2.20. The van der Waals surface area contributed by atoms with E-state index >= 15 is 0 Å². The summed E-state index contributed by atoms with van der Waals surface area (Å²) in [4.78, 5) is 12.3. The molecule has 2 aromatic carbocycles. The van der Waals surface area contributed by atoms with Crippen LogP contribution in [-0.2, 0) is 4.79 Å². The molecule has 4 nitrogen and oxygen atoms in total. The molecular weight excluding hydrogens is 300 g/mol. The smallest absolute Gasteiger partial charge is 0.224 e. The molecule has 0 aliphatic rings. The Morgan fingerprint density at radius 1 is 1.08 bits per heavy atom. The highest BCUT2D eigenvalue weighted by Gasteiger charge is 2.21. The predicted octanol–water partition coefficient (Wildman–Crippen LogP) is 3.13. The first-order valence-corrected chi connectivity index (χ1v) is 8.28. The zero-order valence-corrected chi connectivity index (χ0v) is 14.6. The largest absolute Gasteiger partial charge is 0.491 e. The minimum Gasteiger partial charge on any atom is -0.491 e. The van der Waals surface area contributed by atoms with E-state index in [1.807, 2.05) is 69.3 Å². The summed E-state index contributed by atoms with van der Waals surface area (Å²) in [6, 6.07) is 15.4. The van der Waals surface area contributed by atoms with Gasteiger partial charge in [-0.2, -0.15) is 0 Å². The fraction of sp³-hybridized carbons (Fsp3) is 0.350. The second kappa shape index (κ2) is 8.50. The maximum atomic E-state index is 12.3. The van der Waals surface area contributed by atoms with E-state index in [1.54, 1.807) is 0 Å². The number of rotatable bonds is 7. The summed E-state index contributed by atoms with van der Waals surface area (Å²) in [5.74, 6) is 0.532. The van der Waals surface area contributed by atoms with Crippen molar-refractivity contribution in [3.8, 4) is 5.75 Å². The van der Waals surface area contributed by atoms with Crippen molar-refractivity contribution in [3.63, 3.8) is 0 Å². The molecular formula is C20H26N2O2. The Morgan fingerprint density at radius 2 is 1.71 bits per heavy atom. The third-order valence-corrected chi connectivity index (χ3v) is 4.19. The van der Waals surface area contributed by atoms with Crippen molar-refractivity contribution in [2.24, 2.45) is 11.7 Å². The van der Waals surface area contributed by atoms with E-state index in [0.717, 1.165) is 22.4 Å². The zero-order chi connectivity index (χ0) is 17.5. The molecule has 0 aromatic heterocycles. The lowest BCUT2D eigenvalue weighted by atomic mass is 9.95. The monoisotopic (exact) mass is 326 g/mol. The van der Waals surface area contributed by atoms with Crippen LogP contribution in [0.15, 0.2) is 48.5 Å². The first-order chi connectivity index (χ1) is 11.5. The quantitative estimate of drug-likeness (QED) is 0.768. The average Bonchev–Trinajstić information content (AvgIpc) is 2.60. The molecule has 2 unspecified atom stereocenters. The fourth-order valence-electron chi connectivity index (χ4n) is 2.64. The van der Waals surface area contributed by atoms with E-state index in [-0.39, 0.29) is 17.9 Å². The Hall–Kier alpha value is -2.33. The number of nitrogens with one attached hydrogen (secondary N) is 1. The lowest BCUT2D eigenvalue weighted by Crippen LogP contribution is -2.37. The number of para-hydroxylation sites is 1. The molecule has 0 radical (unpaired) electrons. The summed E-state index contributed by atoms with van der Waals surface area (Å²) in [6.07, 6.45) is 0. The highest BCUT2D eigenvalue weighted by molar-refractivity contribution is 5.79. The van der Waals surface area contributed by atoms with E-state index in [1.165, 1.54) is 0 Å². The molecule has 128 valence electrons. The van der Waals surface area contributed by atoms with Crippen molar-refractivity contribution in [3.05, 3.63) is 65.2 Å². The topological polar surface area (TPSA) is 64.3 Å². The second-order valence-electron chi connectivity index (χ2n) is 6.09. The van der Waals surface area contributed by atoms with Gasteiger partial charge in [-0.3, -0.25) is 4.79 Å². The summed E-state index contributed by atoms with van der Waals surface area (Å²) >= 11 is 0. The van der Waals surface area contributed by atoms with Crippen LogP contribution in [0.1, 0.15) is 29.7 Å². The molecule has 0 aliphatic heterocycles. The number of nitrogens with two attached hydrogens (primary N) is 1. The summed E-state index contributed by atoms with van der Waals surface area (Å²) in [6.45, 7) is 6.77. The van der Waals surface area contributed by atoms with E-state index in [2.05, 4.69) is 5.32 Å². The van der Waals surface area contributed by atoms with Gasteiger partial charge in [0, 0.05) is 6.04 Å². The van der Waals surface area contributed by atoms with Crippen molar-refractivity contribution in [2.75, 3.05) is 13.2 Å². The number of aryl methyl sites for hydroxylation is 2. The predicted molar refractivity (Wildman–Crippen MR) is 97.0 cm³/mol. The summed E-state index contributed by atoms with van der Waals surface area (Å²) in [7, 11) is 0. The highest BCUT2D eigenvalue weighted by Crippen LogP contribution is 2.22. The third kappa shape index (κ3) is 4.59. The number of carbonyl (C=O) groups excluding carboxylic acids is 1. The number of ether oxygens (including phenoxy) is 1. The molecule has 24 heavy (non-hydrogen) atoms. The molecule has 0 saturated carbocycles. The minimum absolute atomic E-state index is 0.0588. The van der Waals surface area contributed by atoms with Crippen LogP contribution in [0.4, 0.5) is 0 Å². The number of hydrogen-bond acceptors (Lipinski definition) is 3. The maximum absolute atomic E-state index is 12.3. The van der Waals surface area contributed by atoms with Crippen molar-refractivity contribution in [1.82, 2.24) is 5.32 Å². The Labute approximate surface area is 144 Å². The third-order valence-electron chi connectivity index (χ3n) is 4.19. The van der Waals surface area contributed by atoms with E-state index in [9.17, 15) is 4.79 Å². The zero-order valence-electron chi connectivity index (χ0n) is 14.6. The molecule has 0 saturated heterocycles. The van der Waals surface area contributed by atoms with Gasteiger partial charge < -0.3 is 15.8 Å². The highest BCUT2D eigenvalue weighted by atomic mass is 16.5. The molecule has 2 rings (SSSR count). The number of amides is 1. The molecule has 0 bridgehead atoms. The van der Waals surface area contributed by atoms with E-state index in [0.29, 0.717) is 13.2 Å². The van der Waals surface area contributed by atoms with Gasteiger partial charge in [-0.1, -0.05) is 55.5 Å². The van der Waals surface area contributed by atoms with Gasteiger partial charge in [0.05, 0.1) is 12.5 Å². The van der Waals surface area contributed by atoms with Gasteiger partial charge in [-0.25, -0.2) is 0 Å². The van der Waals surface area contributed by atoms with Crippen LogP contribution in [0.5, 0.6) is 5.75 Å². The van der Waals surface area contributed by atoms with Gasteiger partial charge in [-0.15, -0.1) is 0 Å². The van der Waals surface area contributed by atoms with Crippen LogP contribution in [0, 0.1) is 19.8 Å². The molecule has 1 amide bonds. The van der Waals surface area contributed by atoms with Gasteiger partial charge in [0.15, 0.2) is 0 Å². The minimum atomic E-state index is -0.314. The summed E-state index contributed by atoms with van der Waals surface area (Å²) in [5.41, 5.74) is 9.34. The Balaban J connectivity index is 1.81. The normalized spacial score (nSPS) is 13.2.